The fourth-order valence-electron chi connectivity index (χ4n) is 1.70. The molecule has 1 aromatic carbocycles. The van der Waals surface area contributed by atoms with Crippen LogP contribution >= 0.6 is 0 Å². The Bertz CT molecular complexity index is 637. The lowest BCUT2D eigenvalue weighted by molar-refractivity contribution is 0.0952. The molecule has 1 heterocycles. The summed E-state index contributed by atoms with van der Waals surface area (Å²) in [4.78, 5) is 25.8. The summed E-state index contributed by atoms with van der Waals surface area (Å²) in [6.45, 7) is 0.344. The van der Waals surface area contributed by atoms with Gasteiger partial charge in [0.1, 0.15) is 11.4 Å². The molecule has 0 saturated carbocycles. The number of rotatable bonds is 4. The first-order valence-electron chi connectivity index (χ1n) is 5.86. The average Bonchev–Trinajstić information content (AvgIpc) is 2.39. The summed E-state index contributed by atoms with van der Waals surface area (Å²) in [6.07, 6.45) is 3.33. The van der Waals surface area contributed by atoms with E-state index in [0.29, 0.717) is 13.0 Å². The van der Waals surface area contributed by atoms with Crippen LogP contribution in [0.3, 0.4) is 0 Å². The van der Waals surface area contributed by atoms with E-state index < -0.39 is 5.91 Å². The maximum Gasteiger partial charge on any atom is 0.256 e. The number of aromatic nitrogens is 1. The van der Waals surface area contributed by atoms with Gasteiger partial charge in [-0.3, -0.25) is 9.59 Å². The molecule has 0 unspecified atom stereocenters. The van der Waals surface area contributed by atoms with Crippen LogP contribution in [0.25, 0.3) is 0 Å². The molecule has 98 valence electrons. The van der Waals surface area contributed by atoms with Crippen LogP contribution in [-0.4, -0.2) is 17.4 Å². The normalized spacial score (nSPS) is 10.2. The van der Waals surface area contributed by atoms with E-state index >= 15 is 0 Å². The molecular formula is C14H13FN2O2. The summed E-state index contributed by atoms with van der Waals surface area (Å²) in [5.41, 5.74) is 0.533. The van der Waals surface area contributed by atoms with Crippen LogP contribution < -0.4 is 10.7 Å². The van der Waals surface area contributed by atoms with Gasteiger partial charge in [-0.05, 0) is 24.1 Å². The van der Waals surface area contributed by atoms with Crippen LogP contribution in [0.1, 0.15) is 15.9 Å². The highest BCUT2D eigenvalue weighted by Crippen LogP contribution is 2.03. The maximum atomic E-state index is 12.9. The van der Waals surface area contributed by atoms with E-state index in [-0.39, 0.29) is 16.8 Å². The van der Waals surface area contributed by atoms with Gasteiger partial charge >= 0.3 is 0 Å². The van der Waals surface area contributed by atoms with Crippen LogP contribution in [-0.2, 0) is 6.42 Å². The highest BCUT2D eigenvalue weighted by Gasteiger charge is 2.08. The number of hydrogen-bond donors (Lipinski definition) is 2. The van der Waals surface area contributed by atoms with Crippen LogP contribution in [0, 0.1) is 5.82 Å². The van der Waals surface area contributed by atoms with E-state index in [1.165, 1.54) is 30.6 Å². The molecule has 0 aliphatic heterocycles. The van der Waals surface area contributed by atoms with E-state index in [0.717, 1.165) is 5.56 Å². The zero-order chi connectivity index (χ0) is 13.7. The number of carbonyl (C=O) groups is 1. The molecule has 0 fully saturated rings. The lowest BCUT2D eigenvalue weighted by Crippen LogP contribution is -2.30. The monoisotopic (exact) mass is 260 g/mol. The lowest BCUT2D eigenvalue weighted by Gasteiger charge is -2.05. The second-order valence-electron chi connectivity index (χ2n) is 4.06. The molecule has 0 spiro atoms. The van der Waals surface area contributed by atoms with Gasteiger partial charge in [0, 0.05) is 25.0 Å². The van der Waals surface area contributed by atoms with Crippen molar-refractivity contribution in [3.63, 3.8) is 0 Å². The molecule has 0 aliphatic carbocycles. The maximum absolute atomic E-state index is 12.9. The molecule has 19 heavy (non-hydrogen) atoms. The SMILES string of the molecule is O=C(NCCc1cccc(F)c1)c1c[nH]ccc1=O. The molecule has 0 radical (unpaired) electrons. The second kappa shape index (κ2) is 5.95. The molecule has 0 aliphatic rings. The third-order valence-corrected chi connectivity index (χ3v) is 2.66. The molecule has 1 aromatic heterocycles. The Balaban J connectivity index is 1.91. The molecule has 5 heteroatoms. The van der Waals surface area contributed by atoms with Gasteiger partial charge in [0.05, 0.1) is 0 Å². The van der Waals surface area contributed by atoms with Crippen molar-refractivity contribution in [2.24, 2.45) is 0 Å². The van der Waals surface area contributed by atoms with Crippen molar-refractivity contribution < 1.29 is 9.18 Å². The number of amides is 1. The Labute approximate surface area is 109 Å². The van der Waals surface area contributed by atoms with Gasteiger partial charge in [-0.15, -0.1) is 0 Å². The number of pyridine rings is 1. The Hall–Kier alpha value is -2.43. The third-order valence-electron chi connectivity index (χ3n) is 2.66. The fourth-order valence-corrected chi connectivity index (χ4v) is 1.70. The number of hydrogen-bond acceptors (Lipinski definition) is 2. The van der Waals surface area contributed by atoms with Gasteiger partial charge in [-0.2, -0.15) is 0 Å². The molecule has 4 nitrogen and oxygen atoms in total. The van der Waals surface area contributed by atoms with Gasteiger partial charge in [-0.25, -0.2) is 4.39 Å². The minimum Gasteiger partial charge on any atom is -0.367 e. The molecule has 0 atom stereocenters. The Morgan fingerprint density at radius 1 is 1.32 bits per heavy atom. The van der Waals surface area contributed by atoms with Crippen LogP contribution in [0.4, 0.5) is 4.39 Å². The summed E-state index contributed by atoms with van der Waals surface area (Å²) in [5, 5.41) is 2.63. The molecule has 2 N–H and O–H groups in total. The van der Waals surface area contributed by atoms with Crippen LogP contribution in [0.5, 0.6) is 0 Å². The van der Waals surface area contributed by atoms with Crippen molar-refractivity contribution in [2.45, 2.75) is 6.42 Å². The van der Waals surface area contributed by atoms with E-state index in [2.05, 4.69) is 10.3 Å². The van der Waals surface area contributed by atoms with E-state index in [9.17, 15) is 14.0 Å². The molecule has 0 bridgehead atoms. The van der Waals surface area contributed by atoms with Gasteiger partial charge < -0.3 is 10.3 Å². The first-order chi connectivity index (χ1) is 9.16. The Kier molecular flexibility index (Phi) is 4.07. The van der Waals surface area contributed by atoms with Crippen LogP contribution in [0.15, 0.2) is 47.5 Å². The summed E-state index contributed by atoms with van der Waals surface area (Å²) in [6, 6.07) is 7.48. The minimum absolute atomic E-state index is 0.0711. The van der Waals surface area contributed by atoms with Crippen LogP contribution in [0.2, 0.25) is 0 Å². The number of aromatic amines is 1. The Morgan fingerprint density at radius 3 is 2.89 bits per heavy atom. The lowest BCUT2D eigenvalue weighted by atomic mass is 10.1. The quantitative estimate of drug-likeness (QED) is 0.874. The molecule has 0 saturated heterocycles. The number of halogens is 1. The molecular weight excluding hydrogens is 247 g/mol. The van der Waals surface area contributed by atoms with Crippen molar-refractivity contribution >= 4 is 5.91 Å². The second-order valence-corrected chi connectivity index (χ2v) is 4.06. The highest BCUT2D eigenvalue weighted by molar-refractivity contribution is 5.93. The van der Waals surface area contributed by atoms with Crippen molar-refractivity contribution in [2.75, 3.05) is 6.54 Å². The number of carbonyl (C=O) groups excluding carboxylic acids is 1. The third kappa shape index (κ3) is 3.51. The van der Waals surface area contributed by atoms with Crippen molar-refractivity contribution in [3.8, 4) is 0 Å². The van der Waals surface area contributed by atoms with Gasteiger partial charge in [0.2, 0.25) is 0 Å². The van der Waals surface area contributed by atoms with Gasteiger partial charge in [0.25, 0.3) is 5.91 Å². The number of nitrogens with one attached hydrogen (secondary N) is 2. The fraction of sp³-hybridized carbons (Fsp3) is 0.143. The summed E-state index contributed by atoms with van der Waals surface area (Å²) < 4.78 is 12.9. The average molecular weight is 260 g/mol. The van der Waals surface area contributed by atoms with Crippen molar-refractivity contribution in [1.82, 2.24) is 10.3 Å². The first-order valence-corrected chi connectivity index (χ1v) is 5.86. The zero-order valence-electron chi connectivity index (χ0n) is 10.2. The van der Waals surface area contributed by atoms with Gasteiger partial charge in [-0.1, -0.05) is 12.1 Å². The number of benzene rings is 1. The number of H-pyrrole nitrogens is 1. The highest BCUT2D eigenvalue weighted by atomic mass is 19.1. The summed E-state index contributed by atoms with van der Waals surface area (Å²) in [5.74, 6) is -0.735. The minimum atomic E-state index is -0.432. The molecule has 2 aromatic rings. The molecule has 1 amide bonds. The zero-order valence-corrected chi connectivity index (χ0v) is 10.2. The molecule has 2 rings (SSSR count). The predicted octanol–water partition coefficient (Wildman–Crippen LogP) is 1.49. The summed E-state index contributed by atoms with van der Waals surface area (Å²) in [7, 11) is 0. The standard InChI is InChI=1S/C14H13FN2O2/c15-11-3-1-2-10(8-11)4-7-17-14(19)12-9-16-6-5-13(12)18/h1-3,5-6,8-9H,4,7H2,(H,16,18)(H,17,19). The van der Waals surface area contributed by atoms with Gasteiger partial charge in [0.15, 0.2) is 5.43 Å². The van der Waals surface area contributed by atoms with E-state index in [4.69, 9.17) is 0 Å². The predicted molar refractivity (Wildman–Crippen MR) is 69.5 cm³/mol. The van der Waals surface area contributed by atoms with E-state index in [1.54, 1.807) is 12.1 Å². The topological polar surface area (TPSA) is 62.0 Å². The van der Waals surface area contributed by atoms with Crippen molar-refractivity contribution in [3.05, 3.63) is 69.9 Å². The van der Waals surface area contributed by atoms with E-state index in [1.807, 2.05) is 0 Å². The Morgan fingerprint density at radius 2 is 2.16 bits per heavy atom. The largest absolute Gasteiger partial charge is 0.367 e. The van der Waals surface area contributed by atoms with Crippen molar-refractivity contribution in [1.29, 1.82) is 0 Å². The smallest absolute Gasteiger partial charge is 0.256 e. The summed E-state index contributed by atoms with van der Waals surface area (Å²) >= 11 is 0. The first kappa shape index (κ1) is 13.0.